The van der Waals surface area contributed by atoms with Crippen LogP contribution in [0.3, 0.4) is 0 Å². The molecule has 0 radical (unpaired) electrons. The summed E-state index contributed by atoms with van der Waals surface area (Å²) in [6.45, 7) is 7.37. The van der Waals surface area contributed by atoms with Gasteiger partial charge in [-0.15, -0.1) is 0 Å². The van der Waals surface area contributed by atoms with Crippen molar-refractivity contribution in [3.05, 3.63) is 42.0 Å². The van der Waals surface area contributed by atoms with Crippen molar-refractivity contribution in [1.29, 1.82) is 0 Å². The van der Waals surface area contributed by atoms with E-state index in [1.165, 1.54) is 5.39 Å². The van der Waals surface area contributed by atoms with Gasteiger partial charge in [-0.25, -0.2) is 0 Å². The number of phenols is 1. The van der Waals surface area contributed by atoms with Crippen LogP contribution in [0, 0.1) is 5.92 Å². The lowest BCUT2D eigenvalue weighted by Gasteiger charge is -2.20. The summed E-state index contributed by atoms with van der Waals surface area (Å²) < 4.78 is 0. The van der Waals surface area contributed by atoms with E-state index in [1.54, 1.807) is 6.07 Å². The van der Waals surface area contributed by atoms with Crippen LogP contribution in [0.25, 0.3) is 10.8 Å². The Morgan fingerprint density at radius 3 is 2.58 bits per heavy atom. The van der Waals surface area contributed by atoms with Crippen LogP contribution >= 0.6 is 0 Å². The minimum Gasteiger partial charge on any atom is -0.508 e. The van der Waals surface area contributed by atoms with Crippen molar-refractivity contribution in [2.75, 3.05) is 0 Å². The van der Waals surface area contributed by atoms with Gasteiger partial charge in [0.1, 0.15) is 5.75 Å². The van der Waals surface area contributed by atoms with Crippen LogP contribution in [0.4, 0.5) is 0 Å². The van der Waals surface area contributed by atoms with Gasteiger partial charge in [0.05, 0.1) is 0 Å². The monoisotopic (exact) mass is 257 g/mol. The molecule has 0 fully saturated rings. The maximum atomic E-state index is 10.1. The molecule has 2 nitrogen and oxygen atoms in total. The van der Waals surface area contributed by atoms with Gasteiger partial charge in [-0.05, 0) is 29.7 Å². The van der Waals surface area contributed by atoms with Gasteiger partial charge < -0.3 is 10.4 Å². The van der Waals surface area contributed by atoms with Crippen molar-refractivity contribution in [2.45, 2.75) is 39.8 Å². The number of hydrogen-bond acceptors (Lipinski definition) is 2. The Kier molecular flexibility index (Phi) is 4.43. The lowest BCUT2D eigenvalue weighted by atomic mass is 9.99. The number of fused-ring (bicyclic) bond motifs is 1. The molecular formula is C17H23NO. The first-order valence-electron chi connectivity index (χ1n) is 7.06. The van der Waals surface area contributed by atoms with Crippen molar-refractivity contribution in [1.82, 2.24) is 5.32 Å². The van der Waals surface area contributed by atoms with Crippen LogP contribution in [0.5, 0.6) is 5.75 Å². The minimum absolute atomic E-state index is 0.377. The summed E-state index contributed by atoms with van der Waals surface area (Å²) in [5, 5.41) is 15.9. The molecule has 0 aliphatic rings. The van der Waals surface area contributed by atoms with Crippen LogP contribution < -0.4 is 5.32 Å². The first-order chi connectivity index (χ1) is 9.13. The number of nitrogens with one attached hydrogen (secondary N) is 1. The molecule has 0 amide bonds. The van der Waals surface area contributed by atoms with Crippen molar-refractivity contribution in [3.8, 4) is 5.75 Å². The summed E-state index contributed by atoms with van der Waals surface area (Å²) in [5.41, 5.74) is 0.994. The molecule has 2 rings (SSSR count). The number of aromatic hydroxyl groups is 1. The lowest BCUT2D eigenvalue weighted by molar-refractivity contribution is 0.385. The van der Waals surface area contributed by atoms with Gasteiger partial charge in [-0.1, -0.05) is 50.6 Å². The second kappa shape index (κ2) is 6.07. The van der Waals surface area contributed by atoms with Gasteiger partial charge in [0, 0.05) is 18.2 Å². The molecule has 0 spiro atoms. The van der Waals surface area contributed by atoms with Crippen LogP contribution in [0.2, 0.25) is 0 Å². The molecule has 2 heteroatoms. The quantitative estimate of drug-likeness (QED) is 0.846. The van der Waals surface area contributed by atoms with E-state index in [0.29, 0.717) is 24.3 Å². The SMILES string of the molecule is CCC(C)C(C)NCc1c(O)ccc2ccccc12. The van der Waals surface area contributed by atoms with Gasteiger partial charge in [-0.2, -0.15) is 0 Å². The van der Waals surface area contributed by atoms with Crippen molar-refractivity contribution in [3.63, 3.8) is 0 Å². The van der Waals surface area contributed by atoms with E-state index < -0.39 is 0 Å². The molecule has 0 aliphatic carbocycles. The molecule has 0 saturated heterocycles. The average molecular weight is 257 g/mol. The average Bonchev–Trinajstić information content (AvgIpc) is 2.45. The predicted octanol–water partition coefficient (Wildman–Crippen LogP) is 4.07. The van der Waals surface area contributed by atoms with Crippen molar-refractivity contribution in [2.24, 2.45) is 5.92 Å². The van der Waals surface area contributed by atoms with Crippen LogP contribution in [-0.4, -0.2) is 11.1 Å². The van der Waals surface area contributed by atoms with Gasteiger partial charge in [-0.3, -0.25) is 0 Å². The van der Waals surface area contributed by atoms with Gasteiger partial charge in [0.25, 0.3) is 0 Å². The second-order valence-electron chi connectivity index (χ2n) is 5.34. The summed E-state index contributed by atoms with van der Waals surface area (Å²) in [7, 11) is 0. The Hall–Kier alpha value is -1.54. The van der Waals surface area contributed by atoms with E-state index >= 15 is 0 Å². The molecule has 2 aromatic carbocycles. The third kappa shape index (κ3) is 3.07. The first-order valence-corrected chi connectivity index (χ1v) is 7.06. The molecule has 2 aromatic rings. The Labute approximate surface area is 115 Å². The summed E-state index contributed by atoms with van der Waals surface area (Å²) >= 11 is 0. The fraction of sp³-hybridized carbons (Fsp3) is 0.412. The second-order valence-corrected chi connectivity index (χ2v) is 5.34. The predicted molar refractivity (Wildman–Crippen MR) is 81.4 cm³/mol. The molecule has 0 bridgehead atoms. The van der Waals surface area contributed by atoms with E-state index in [0.717, 1.165) is 17.4 Å². The highest BCUT2D eigenvalue weighted by Gasteiger charge is 2.12. The zero-order valence-electron chi connectivity index (χ0n) is 12.0. The maximum absolute atomic E-state index is 10.1. The van der Waals surface area contributed by atoms with Gasteiger partial charge >= 0.3 is 0 Å². The topological polar surface area (TPSA) is 32.3 Å². The zero-order chi connectivity index (χ0) is 13.8. The zero-order valence-corrected chi connectivity index (χ0v) is 12.0. The Morgan fingerprint density at radius 1 is 1.11 bits per heavy atom. The summed E-state index contributed by atoms with van der Waals surface area (Å²) in [5.74, 6) is 1.01. The lowest BCUT2D eigenvalue weighted by Crippen LogP contribution is -2.31. The molecule has 0 aromatic heterocycles. The van der Waals surface area contributed by atoms with E-state index in [4.69, 9.17) is 0 Å². The smallest absolute Gasteiger partial charge is 0.120 e. The molecule has 102 valence electrons. The third-order valence-corrected chi connectivity index (χ3v) is 4.11. The van der Waals surface area contributed by atoms with E-state index in [2.05, 4.69) is 38.2 Å². The van der Waals surface area contributed by atoms with Crippen molar-refractivity contribution < 1.29 is 5.11 Å². The maximum Gasteiger partial charge on any atom is 0.120 e. The van der Waals surface area contributed by atoms with Gasteiger partial charge in [0.2, 0.25) is 0 Å². The van der Waals surface area contributed by atoms with E-state index in [-0.39, 0.29) is 0 Å². The van der Waals surface area contributed by atoms with Crippen LogP contribution in [-0.2, 0) is 6.54 Å². The Balaban J connectivity index is 2.22. The summed E-state index contributed by atoms with van der Waals surface area (Å²) in [6.07, 6.45) is 1.16. The molecule has 0 aliphatic heterocycles. The summed E-state index contributed by atoms with van der Waals surface area (Å²) in [6, 6.07) is 12.4. The minimum atomic E-state index is 0.377. The first kappa shape index (κ1) is 13.9. The number of rotatable bonds is 5. The molecule has 0 heterocycles. The normalized spacial score (nSPS) is 14.5. The Morgan fingerprint density at radius 2 is 1.84 bits per heavy atom. The van der Waals surface area contributed by atoms with Crippen LogP contribution in [0.15, 0.2) is 36.4 Å². The number of phenolic OH excluding ortho intramolecular Hbond substituents is 1. The van der Waals surface area contributed by atoms with Gasteiger partial charge in [0.15, 0.2) is 0 Å². The van der Waals surface area contributed by atoms with Crippen LogP contribution in [0.1, 0.15) is 32.8 Å². The Bertz CT molecular complexity index is 550. The highest BCUT2D eigenvalue weighted by atomic mass is 16.3. The fourth-order valence-corrected chi connectivity index (χ4v) is 2.33. The molecule has 2 atom stereocenters. The molecule has 2 N–H and O–H groups in total. The van der Waals surface area contributed by atoms with Crippen molar-refractivity contribution >= 4 is 10.8 Å². The molecule has 19 heavy (non-hydrogen) atoms. The molecular weight excluding hydrogens is 234 g/mol. The molecule has 0 saturated carbocycles. The number of benzene rings is 2. The highest BCUT2D eigenvalue weighted by molar-refractivity contribution is 5.87. The van der Waals surface area contributed by atoms with E-state index in [1.807, 2.05) is 18.2 Å². The largest absolute Gasteiger partial charge is 0.508 e. The summed E-state index contributed by atoms with van der Waals surface area (Å²) in [4.78, 5) is 0. The number of hydrogen-bond donors (Lipinski definition) is 2. The van der Waals surface area contributed by atoms with E-state index in [9.17, 15) is 5.11 Å². The fourth-order valence-electron chi connectivity index (χ4n) is 2.33. The molecule has 2 unspecified atom stereocenters. The standard InChI is InChI=1S/C17H23NO/c1-4-12(2)13(3)18-11-16-15-8-6-5-7-14(15)9-10-17(16)19/h5-10,12-13,18-19H,4,11H2,1-3H3. The third-order valence-electron chi connectivity index (χ3n) is 4.11. The highest BCUT2D eigenvalue weighted by Crippen LogP contribution is 2.27.